The van der Waals surface area contributed by atoms with E-state index in [9.17, 15) is 0 Å². The lowest BCUT2D eigenvalue weighted by molar-refractivity contribution is 0.488. The summed E-state index contributed by atoms with van der Waals surface area (Å²) in [5.74, 6) is 0. The fraction of sp³-hybridized carbons (Fsp3) is 0.455. The van der Waals surface area contributed by atoms with E-state index in [1.165, 1.54) is 24.0 Å². The highest BCUT2D eigenvalue weighted by atomic mass is 35.5. The lowest BCUT2D eigenvalue weighted by atomic mass is 10.00. The number of thiophene rings is 1. The molecule has 0 radical (unpaired) electrons. The Morgan fingerprint density at radius 1 is 1.64 bits per heavy atom. The molecule has 0 bridgehead atoms. The molecule has 1 aliphatic heterocycles. The van der Waals surface area contributed by atoms with Crippen LogP contribution < -0.4 is 5.32 Å². The van der Waals surface area contributed by atoms with Crippen LogP contribution in [0.25, 0.3) is 6.08 Å². The molecule has 0 aliphatic carbocycles. The second-order valence-electron chi connectivity index (χ2n) is 3.81. The predicted molar refractivity (Wildman–Crippen MR) is 64.0 cm³/mol. The average Bonchev–Trinajstić information content (AvgIpc) is 2.56. The van der Waals surface area contributed by atoms with Crippen LogP contribution in [-0.2, 0) is 0 Å². The molecule has 1 unspecified atom stereocenters. The van der Waals surface area contributed by atoms with Crippen LogP contribution in [-0.4, -0.2) is 12.6 Å². The van der Waals surface area contributed by atoms with Crippen molar-refractivity contribution >= 4 is 29.0 Å². The summed E-state index contributed by atoms with van der Waals surface area (Å²) in [6, 6.07) is 2.69. The molecule has 2 rings (SSSR count). The maximum atomic E-state index is 5.87. The van der Waals surface area contributed by atoms with Crippen LogP contribution >= 0.6 is 22.9 Å². The number of piperidine rings is 1. The van der Waals surface area contributed by atoms with E-state index >= 15 is 0 Å². The van der Waals surface area contributed by atoms with E-state index < -0.39 is 0 Å². The normalized spacial score (nSPS) is 25.6. The van der Waals surface area contributed by atoms with Crippen molar-refractivity contribution in [1.82, 2.24) is 5.32 Å². The molecule has 14 heavy (non-hydrogen) atoms. The average molecular weight is 228 g/mol. The van der Waals surface area contributed by atoms with Crippen LogP contribution in [0.5, 0.6) is 0 Å². The molecule has 2 heterocycles. The van der Waals surface area contributed by atoms with Gasteiger partial charge in [-0.1, -0.05) is 23.3 Å². The molecule has 0 spiro atoms. The number of hydrogen-bond donors (Lipinski definition) is 1. The van der Waals surface area contributed by atoms with E-state index in [1.807, 2.05) is 6.07 Å². The predicted octanol–water partition coefficient (Wildman–Crippen LogP) is 3.56. The van der Waals surface area contributed by atoms with Gasteiger partial charge in [-0.3, -0.25) is 0 Å². The monoisotopic (exact) mass is 227 g/mol. The molecule has 0 aromatic carbocycles. The second-order valence-corrected chi connectivity index (χ2v) is 5.35. The standard InChI is InChI=1S/C11H14ClNS/c1-8-2-3-9(6-13-8)4-10-5-11(12)14-7-10/h4-5,7-8,13H,2-3,6H2,1H3/b9-4+. The molecule has 1 aromatic rings. The topological polar surface area (TPSA) is 12.0 Å². The Morgan fingerprint density at radius 2 is 2.50 bits per heavy atom. The zero-order chi connectivity index (χ0) is 9.97. The van der Waals surface area contributed by atoms with Crippen molar-refractivity contribution in [2.45, 2.75) is 25.8 Å². The summed E-state index contributed by atoms with van der Waals surface area (Å²) in [4.78, 5) is 0. The van der Waals surface area contributed by atoms with Gasteiger partial charge < -0.3 is 5.32 Å². The summed E-state index contributed by atoms with van der Waals surface area (Å²) in [5, 5.41) is 5.57. The summed E-state index contributed by atoms with van der Waals surface area (Å²) in [6.45, 7) is 3.26. The highest BCUT2D eigenvalue weighted by Gasteiger charge is 2.10. The summed E-state index contributed by atoms with van der Waals surface area (Å²) in [6.07, 6.45) is 4.70. The first kappa shape index (κ1) is 10.2. The molecule has 1 N–H and O–H groups in total. The quantitative estimate of drug-likeness (QED) is 0.774. The van der Waals surface area contributed by atoms with E-state index in [-0.39, 0.29) is 0 Å². The highest BCUT2D eigenvalue weighted by molar-refractivity contribution is 7.14. The molecular weight excluding hydrogens is 214 g/mol. The Kier molecular flexibility index (Phi) is 3.26. The third kappa shape index (κ3) is 2.59. The molecule has 1 aromatic heterocycles. The lowest BCUT2D eigenvalue weighted by Gasteiger charge is -2.21. The minimum absolute atomic E-state index is 0.665. The van der Waals surface area contributed by atoms with Crippen LogP contribution in [0.2, 0.25) is 4.34 Å². The molecule has 1 saturated heterocycles. The van der Waals surface area contributed by atoms with Crippen molar-refractivity contribution < 1.29 is 0 Å². The van der Waals surface area contributed by atoms with E-state index in [4.69, 9.17) is 11.6 Å². The minimum atomic E-state index is 0.665. The highest BCUT2D eigenvalue weighted by Crippen LogP contribution is 2.23. The first-order valence-electron chi connectivity index (χ1n) is 4.91. The Morgan fingerprint density at radius 3 is 3.07 bits per heavy atom. The van der Waals surface area contributed by atoms with Crippen LogP contribution in [0.4, 0.5) is 0 Å². The van der Waals surface area contributed by atoms with Gasteiger partial charge in [-0.05, 0) is 36.8 Å². The van der Waals surface area contributed by atoms with Gasteiger partial charge in [0.2, 0.25) is 0 Å². The zero-order valence-electron chi connectivity index (χ0n) is 8.22. The molecular formula is C11H14ClNS. The SMILES string of the molecule is CC1CC/C(=C\c2csc(Cl)c2)CN1. The Bertz CT molecular complexity index is 333. The summed E-state index contributed by atoms with van der Waals surface area (Å²) in [5.41, 5.74) is 2.73. The van der Waals surface area contributed by atoms with Gasteiger partial charge in [0.15, 0.2) is 0 Å². The van der Waals surface area contributed by atoms with Crippen molar-refractivity contribution in [2.75, 3.05) is 6.54 Å². The first-order chi connectivity index (χ1) is 6.74. The van der Waals surface area contributed by atoms with Gasteiger partial charge in [-0.2, -0.15) is 0 Å². The van der Waals surface area contributed by atoms with Crippen molar-refractivity contribution in [1.29, 1.82) is 0 Å². The van der Waals surface area contributed by atoms with E-state index in [0.29, 0.717) is 6.04 Å². The van der Waals surface area contributed by atoms with Crippen LogP contribution in [0.3, 0.4) is 0 Å². The van der Waals surface area contributed by atoms with Crippen LogP contribution in [0.15, 0.2) is 17.0 Å². The van der Waals surface area contributed by atoms with Gasteiger partial charge in [-0.25, -0.2) is 0 Å². The summed E-state index contributed by atoms with van der Waals surface area (Å²) >= 11 is 7.47. The van der Waals surface area contributed by atoms with Crippen molar-refractivity contribution in [3.63, 3.8) is 0 Å². The second kappa shape index (κ2) is 4.47. The van der Waals surface area contributed by atoms with Gasteiger partial charge in [0.25, 0.3) is 0 Å². The zero-order valence-corrected chi connectivity index (χ0v) is 9.79. The Hall–Kier alpha value is -0.310. The molecule has 1 fully saturated rings. The molecule has 76 valence electrons. The van der Waals surface area contributed by atoms with Crippen molar-refractivity contribution in [2.24, 2.45) is 0 Å². The fourth-order valence-electron chi connectivity index (χ4n) is 1.66. The maximum absolute atomic E-state index is 5.87. The van der Waals surface area contributed by atoms with E-state index in [1.54, 1.807) is 11.3 Å². The van der Waals surface area contributed by atoms with Crippen molar-refractivity contribution in [3.05, 3.63) is 26.9 Å². The van der Waals surface area contributed by atoms with E-state index in [2.05, 4.69) is 23.7 Å². The number of rotatable bonds is 1. The molecule has 0 saturated carbocycles. The Balaban J connectivity index is 2.04. The minimum Gasteiger partial charge on any atom is -0.311 e. The van der Waals surface area contributed by atoms with Gasteiger partial charge in [0, 0.05) is 12.6 Å². The van der Waals surface area contributed by atoms with Crippen LogP contribution in [0, 0.1) is 0 Å². The number of hydrogen-bond acceptors (Lipinski definition) is 2. The van der Waals surface area contributed by atoms with Gasteiger partial charge in [0.1, 0.15) is 0 Å². The van der Waals surface area contributed by atoms with E-state index in [0.717, 1.165) is 10.9 Å². The Labute approximate surface area is 93.8 Å². The summed E-state index contributed by atoms with van der Waals surface area (Å²) in [7, 11) is 0. The smallest absolute Gasteiger partial charge is 0.0934 e. The van der Waals surface area contributed by atoms with Crippen LogP contribution in [0.1, 0.15) is 25.3 Å². The fourth-order valence-corrected chi connectivity index (χ4v) is 2.50. The van der Waals surface area contributed by atoms with Crippen molar-refractivity contribution in [3.8, 4) is 0 Å². The van der Waals surface area contributed by atoms with Gasteiger partial charge in [0.05, 0.1) is 4.34 Å². The first-order valence-corrected chi connectivity index (χ1v) is 6.16. The molecule has 0 amide bonds. The van der Waals surface area contributed by atoms with Gasteiger partial charge in [-0.15, -0.1) is 11.3 Å². The molecule has 1 atom stereocenters. The van der Waals surface area contributed by atoms with Gasteiger partial charge >= 0.3 is 0 Å². The largest absolute Gasteiger partial charge is 0.311 e. The maximum Gasteiger partial charge on any atom is 0.0934 e. The number of nitrogens with one attached hydrogen (secondary N) is 1. The molecule has 1 nitrogen and oxygen atoms in total. The molecule has 3 heteroatoms. The third-order valence-electron chi connectivity index (χ3n) is 2.53. The third-order valence-corrected chi connectivity index (χ3v) is 3.64. The summed E-state index contributed by atoms with van der Waals surface area (Å²) < 4.78 is 0.869. The molecule has 1 aliphatic rings. The lowest BCUT2D eigenvalue weighted by Crippen LogP contribution is -2.32. The number of halogens is 1.